The maximum atomic E-state index is 12.2. The molecule has 2 aromatic rings. The summed E-state index contributed by atoms with van der Waals surface area (Å²) < 4.78 is 0.892. The zero-order valence-corrected chi connectivity index (χ0v) is 15.3. The quantitative estimate of drug-likeness (QED) is 0.690. The van der Waals surface area contributed by atoms with E-state index in [0.29, 0.717) is 23.0 Å². The molecule has 130 valence electrons. The van der Waals surface area contributed by atoms with Crippen LogP contribution in [0.4, 0.5) is 16.2 Å². The molecule has 3 rings (SSSR count). The van der Waals surface area contributed by atoms with Crippen molar-refractivity contribution in [2.45, 2.75) is 31.7 Å². The van der Waals surface area contributed by atoms with Gasteiger partial charge >= 0.3 is 6.03 Å². The predicted molar refractivity (Wildman–Crippen MR) is 103 cm³/mol. The van der Waals surface area contributed by atoms with Gasteiger partial charge in [-0.15, -0.1) is 0 Å². The smallest absolute Gasteiger partial charge is 0.323 e. The number of benzene rings is 2. The van der Waals surface area contributed by atoms with Crippen LogP contribution in [-0.4, -0.2) is 18.0 Å². The lowest BCUT2D eigenvalue weighted by Crippen LogP contribution is -2.32. The Labute approximate surface area is 155 Å². The first-order valence-corrected chi connectivity index (χ1v) is 9.14. The van der Waals surface area contributed by atoms with Gasteiger partial charge in [-0.2, -0.15) is 0 Å². The standard InChI is InChI=1S/C19H20BrN3O2/c20-14-4-3-7-17(12-14)23-19(25)22-16-10-8-13(9-11-16)18(24)21-15-5-1-2-6-15/h3-4,7-12,15H,1-2,5-6H2,(H,21,24)(H2,22,23,25). The van der Waals surface area contributed by atoms with Gasteiger partial charge in [-0.3, -0.25) is 4.79 Å². The minimum absolute atomic E-state index is 0.0583. The van der Waals surface area contributed by atoms with E-state index >= 15 is 0 Å². The van der Waals surface area contributed by atoms with E-state index in [-0.39, 0.29) is 11.9 Å². The summed E-state index contributed by atoms with van der Waals surface area (Å²) in [5.41, 5.74) is 1.93. The van der Waals surface area contributed by atoms with Crippen LogP contribution in [0.5, 0.6) is 0 Å². The van der Waals surface area contributed by atoms with Gasteiger partial charge in [0, 0.05) is 27.5 Å². The van der Waals surface area contributed by atoms with E-state index in [9.17, 15) is 9.59 Å². The van der Waals surface area contributed by atoms with Crippen molar-refractivity contribution in [1.29, 1.82) is 0 Å². The van der Waals surface area contributed by atoms with Gasteiger partial charge < -0.3 is 16.0 Å². The van der Waals surface area contributed by atoms with Crippen LogP contribution in [0.3, 0.4) is 0 Å². The number of halogens is 1. The molecule has 1 saturated carbocycles. The molecule has 1 fully saturated rings. The average molecular weight is 402 g/mol. The summed E-state index contributed by atoms with van der Waals surface area (Å²) in [5, 5.41) is 8.56. The Hall–Kier alpha value is -2.34. The van der Waals surface area contributed by atoms with Crippen LogP contribution in [0.25, 0.3) is 0 Å². The van der Waals surface area contributed by atoms with E-state index in [2.05, 4.69) is 31.9 Å². The van der Waals surface area contributed by atoms with E-state index in [4.69, 9.17) is 0 Å². The number of rotatable bonds is 4. The monoisotopic (exact) mass is 401 g/mol. The van der Waals surface area contributed by atoms with Gasteiger partial charge in [-0.25, -0.2) is 4.79 Å². The fourth-order valence-corrected chi connectivity index (χ4v) is 3.30. The molecule has 0 unspecified atom stereocenters. The molecule has 1 aliphatic carbocycles. The predicted octanol–water partition coefficient (Wildman–Crippen LogP) is 4.77. The molecule has 0 radical (unpaired) electrons. The van der Waals surface area contributed by atoms with Gasteiger partial charge in [0.25, 0.3) is 5.91 Å². The zero-order valence-electron chi connectivity index (χ0n) is 13.7. The van der Waals surface area contributed by atoms with Gasteiger partial charge in [-0.05, 0) is 55.3 Å². The van der Waals surface area contributed by atoms with E-state index in [1.807, 2.05) is 18.2 Å². The number of amides is 3. The molecule has 6 heteroatoms. The van der Waals surface area contributed by atoms with Crippen molar-refractivity contribution in [3.63, 3.8) is 0 Å². The topological polar surface area (TPSA) is 70.2 Å². The van der Waals surface area contributed by atoms with E-state index in [1.54, 1.807) is 30.3 Å². The van der Waals surface area contributed by atoms with Crippen molar-refractivity contribution in [3.05, 3.63) is 58.6 Å². The first kappa shape index (κ1) is 17.5. The summed E-state index contributed by atoms with van der Waals surface area (Å²) in [6.07, 6.45) is 4.48. The molecule has 1 aliphatic rings. The summed E-state index contributed by atoms with van der Waals surface area (Å²) in [6, 6.07) is 14.2. The summed E-state index contributed by atoms with van der Waals surface area (Å²) in [6.45, 7) is 0. The Balaban J connectivity index is 1.54. The molecule has 0 atom stereocenters. The Morgan fingerprint density at radius 3 is 2.28 bits per heavy atom. The third-order valence-electron chi connectivity index (χ3n) is 4.18. The number of urea groups is 1. The molecule has 3 amide bonds. The number of carbonyl (C=O) groups is 2. The van der Waals surface area contributed by atoms with Gasteiger partial charge in [0.1, 0.15) is 0 Å². The highest BCUT2D eigenvalue weighted by molar-refractivity contribution is 9.10. The Kier molecular flexibility index (Phi) is 5.71. The SMILES string of the molecule is O=C(Nc1ccc(C(=O)NC2CCCC2)cc1)Nc1cccc(Br)c1. The number of hydrogen-bond acceptors (Lipinski definition) is 2. The highest BCUT2D eigenvalue weighted by atomic mass is 79.9. The minimum atomic E-state index is -0.332. The normalized spacial score (nSPS) is 14.1. The molecule has 25 heavy (non-hydrogen) atoms. The average Bonchev–Trinajstić information content (AvgIpc) is 3.08. The maximum Gasteiger partial charge on any atom is 0.323 e. The van der Waals surface area contributed by atoms with Gasteiger partial charge in [0.05, 0.1) is 0 Å². The third kappa shape index (κ3) is 5.06. The minimum Gasteiger partial charge on any atom is -0.349 e. The Bertz CT molecular complexity index is 756. The molecule has 0 aromatic heterocycles. The molecule has 0 saturated heterocycles. The lowest BCUT2D eigenvalue weighted by atomic mass is 10.1. The zero-order chi connectivity index (χ0) is 17.6. The van der Waals surface area contributed by atoms with Crippen LogP contribution in [0.1, 0.15) is 36.0 Å². The van der Waals surface area contributed by atoms with Crippen LogP contribution in [0.2, 0.25) is 0 Å². The molecule has 3 N–H and O–H groups in total. The molecule has 0 aliphatic heterocycles. The highest BCUT2D eigenvalue weighted by Gasteiger charge is 2.17. The van der Waals surface area contributed by atoms with Gasteiger partial charge in [0.15, 0.2) is 0 Å². The number of carbonyl (C=O) groups excluding carboxylic acids is 2. The lowest BCUT2D eigenvalue weighted by molar-refractivity contribution is 0.0938. The summed E-state index contributed by atoms with van der Waals surface area (Å²) in [5.74, 6) is -0.0583. The molecular weight excluding hydrogens is 382 g/mol. The van der Waals surface area contributed by atoms with Crippen molar-refractivity contribution in [3.8, 4) is 0 Å². The molecule has 2 aromatic carbocycles. The highest BCUT2D eigenvalue weighted by Crippen LogP contribution is 2.19. The second-order valence-corrected chi connectivity index (χ2v) is 7.04. The second kappa shape index (κ2) is 8.16. The maximum absolute atomic E-state index is 12.2. The van der Waals surface area contributed by atoms with Crippen LogP contribution in [0, 0.1) is 0 Å². The van der Waals surface area contributed by atoms with Crippen LogP contribution < -0.4 is 16.0 Å². The van der Waals surface area contributed by atoms with Crippen molar-refractivity contribution < 1.29 is 9.59 Å². The third-order valence-corrected chi connectivity index (χ3v) is 4.67. The van der Waals surface area contributed by atoms with Gasteiger partial charge in [0.2, 0.25) is 0 Å². The fraction of sp³-hybridized carbons (Fsp3) is 0.263. The van der Waals surface area contributed by atoms with Crippen molar-refractivity contribution in [2.75, 3.05) is 10.6 Å². The molecular formula is C19H20BrN3O2. The summed E-state index contributed by atoms with van der Waals surface area (Å²) in [4.78, 5) is 24.2. The van der Waals surface area contributed by atoms with Gasteiger partial charge in [-0.1, -0.05) is 34.8 Å². The van der Waals surface area contributed by atoms with E-state index in [0.717, 1.165) is 17.3 Å². The van der Waals surface area contributed by atoms with Crippen molar-refractivity contribution in [2.24, 2.45) is 0 Å². The van der Waals surface area contributed by atoms with E-state index in [1.165, 1.54) is 12.8 Å². The van der Waals surface area contributed by atoms with Crippen molar-refractivity contribution in [1.82, 2.24) is 5.32 Å². The molecule has 0 bridgehead atoms. The molecule has 0 spiro atoms. The number of anilines is 2. The van der Waals surface area contributed by atoms with Crippen molar-refractivity contribution >= 4 is 39.2 Å². The largest absolute Gasteiger partial charge is 0.349 e. The van der Waals surface area contributed by atoms with Crippen LogP contribution in [-0.2, 0) is 0 Å². The lowest BCUT2D eigenvalue weighted by Gasteiger charge is -2.12. The summed E-state index contributed by atoms with van der Waals surface area (Å²) >= 11 is 3.36. The van der Waals surface area contributed by atoms with E-state index < -0.39 is 0 Å². The Morgan fingerprint density at radius 2 is 1.60 bits per heavy atom. The summed E-state index contributed by atoms with van der Waals surface area (Å²) in [7, 11) is 0. The van der Waals surface area contributed by atoms with Crippen LogP contribution in [0.15, 0.2) is 53.0 Å². The Morgan fingerprint density at radius 1 is 0.920 bits per heavy atom. The molecule has 0 heterocycles. The first-order valence-electron chi connectivity index (χ1n) is 8.35. The van der Waals surface area contributed by atoms with Crippen LogP contribution >= 0.6 is 15.9 Å². The number of nitrogens with one attached hydrogen (secondary N) is 3. The molecule has 5 nitrogen and oxygen atoms in total. The second-order valence-electron chi connectivity index (χ2n) is 6.12. The fourth-order valence-electron chi connectivity index (χ4n) is 2.90. The first-order chi connectivity index (χ1) is 12.1. The number of hydrogen-bond donors (Lipinski definition) is 3.